The Kier molecular flexibility index (Phi) is 2.85. The molecular weight excluding hydrogens is 190 g/mol. The molecule has 4 heteroatoms. The molecule has 0 unspecified atom stereocenters. The highest BCUT2D eigenvalue weighted by Crippen LogP contribution is 2.65. The van der Waals surface area contributed by atoms with Crippen LogP contribution >= 0.6 is 28.3 Å². The number of hydrogen-bond acceptors (Lipinski definition) is 1. The quantitative estimate of drug-likeness (QED) is 0.580. The molecule has 0 heterocycles. The maximum absolute atomic E-state index is 11.0. The van der Waals surface area contributed by atoms with E-state index in [-0.39, 0.29) is 0 Å². The summed E-state index contributed by atoms with van der Waals surface area (Å²) in [5, 5.41) is 0.752. The Morgan fingerprint density at radius 1 is 1.40 bits per heavy atom. The van der Waals surface area contributed by atoms with E-state index in [1.54, 1.807) is 0 Å². The van der Waals surface area contributed by atoms with E-state index in [1.807, 2.05) is 6.08 Å². The van der Waals surface area contributed by atoms with E-state index in [4.69, 9.17) is 22.5 Å². The van der Waals surface area contributed by atoms with Gasteiger partial charge in [0.2, 0.25) is 0 Å². The molecule has 10 heavy (non-hydrogen) atoms. The molecule has 0 atom stereocenters. The lowest BCUT2D eigenvalue weighted by atomic mass is 10.1. The Hall–Kier alpha value is 0.550. The van der Waals surface area contributed by atoms with Crippen LogP contribution in [0.5, 0.6) is 0 Å². The van der Waals surface area contributed by atoms with Crippen LogP contribution in [0.1, 0.15) is 25.7 Å². The van der Waals surface area contributed by atoms with Crippen LogP contribution in [0.15, 0.2) is 11.4 Å². The summed E-state index contributed by atoms with van der Waals surface area (Å²) in [6.45, 7) is 0. The first-order valence-corrected chi connectivity index (χ1v) is 6.81. The van der Waals surface area contributed by atoms with Gasteiger partial charge < -0.3 is 0 Å². The van der Waals surface area contributed by atoms with Crippen LogP contribution in [0.2, 0.25) is 0 Å². The molecule has 1 aliphatic carbocycles. The van der Waals surface area contributed by atoms with E-state index < -0.39 is 5.85 Å². The Balaban J connectivity index is 2.72. The van der Waals surface area contributed by atoms with E-state index in [0.29, 0.717) is 0 Å². The first-order chi connectivity index (χ1) is 4.61. The fourth-order valence-corrected chi connectivity index (χ4v) is 2.74. The van der Waals surface area contributed by atoms with Crippen molar-refractivity contribution in [3.8, 4) is 0 Å². The molecule has 0 bridgehead atoms. The molecule has 0 saturated heterocycles. The Morgan fingerprint density at radius 2 is 2.10 bits per heavy atom. The van der Waals surface area contributed by atoms with Crippen LogP contribution in [-0.2, 0) is 4.57 Å². The van der Waals surface area contributed by atoms with Crippen molar-refractivity contribution >= 4 is 28.3 Å². The molecule has 0 aromatic heterocycles. The topological polar surface area (TPSA) is 17.1 Å². The first-order valence-electron chi connectivity index (χ1n) is 3.29. The van der Waals surface area contributed by atoms with Crippen molar-refractivity contribution in [2.45, 2.75) is 25.7 Å². The zero-order valence-electron chi connectivity index (χ0n) is 5.52. The minimum Gasteiger partial charge on any atom is -0.284 e. The van der Waals surface area contributed by atoms with Gasteiger partial charge in [0.25, 0.3) is 5.85 Å². The van der Waals surface area contributed by atoms with Gasteiger partial charge in [0.05, 0.1) is 0 Å². The fourth-order valence-electron chi connectivity index (χ4n) is 1.06. The molecule has 0 N–H and O–H groups in total. The van der Waals surface area contributed by atoms with E-state index in [0.717, 1.165) is 31.0 Å². The molecule has 1 nitrogen and oxygen atoms in total. The maximum Gasteiger partial charge on any atom is 0.277 e. The van der Waals surface area contributed by atoms with Crippen molar-refractivity contribution in [1.29, 1.82) is 0 Å². The van der Waals surface area contributed by atoms with Crippen LogP contribution in [0.25, 0.3) is 0 Å². The highest BCUT2D eigenvalue weighted by Gasteiger charge is 2.21. The molecule has 0 aromatic rings. The third kappa shape index (κ3) is 2.30. The molecule has 0 spiro atoms. The highest BCUT2D eigenvalue weighted by atomic mass is 35.9. The predicted octanol–water partition coefficient (Wildman–Crippen LogP) is 4.12. The largest absolute Gasteiger partial charge is 0.284 e. The van der Waals surface area contributed by atoms with Gasteiger partial charge in [-0.05, 0) is 48.2 Å². The zero-order valence-corrected chi connectivity index (χ0v) is 7.92. The van der Waals surface area contributed by atoms with Crippen molar-refractivity contribution in [2.24, 2.45) is 0 Å². The van der Waals surface area contributed by atoms with Gasteiger partial charge in [-0.1, -0.05) is 6.08 Å². The number of allylic oxidation sites excluding steroid dienone is 2. The Bertz CT molecular complexity index is 194. The van der Waals surface area contributed by atoms with E-state index in [2.05, 4.69) is 0 Å². The minimum atomic E-state index is -2.94. The summed E-state index contributed by atoms with van der Waals surface area (Å²) in [6, 6.07) is 0. The summed E-state index contributed by atoms with van der Waals surface area (Å²) >= 11 is 10.9. The second-order valence-electron chi connectivity index (χ2n) is 2.40. The lowest BCUT2D eigenvalue weighted by Crippen LogP contribution is -1.87. The SMILES string of the molecule is O=P(Cl)(Cl)C1=CCCCC1. The summed E-state index contributed by atoms with van der Waals surface area (Å²) in [5.74, 6) is -2.94. The smallest absolute Gasteiger partial charge is 0.277 e. The van der Waals surface area contributed by atoms with Crippen molar-refractivity contribution < 1.29 is 4.57 Å². The van der Waals surface area contributed by atoms with Crippen LogP contribution in [0.3, 0.4) is 0 Å². The van der Waals surface area contributed by atoms with Gasteiger partial charge in [-0.15, -0.1) is 0 Å². The summed E-state index contributed by atoms with van der Waals surface area (Å²) in [6.07, 6.45) is 5.92. The predicted molar refractivity (Wildman–Crippen MR) is 45.9 cm³/mol. The third-order valence-corrected chi connectivity index (χ3v) is 3.98. The van der Waals surface area contributed by atoms with Crippen molar-refractivity contribution in [3.05, 3.63) is 11.4 Å². The fraction of sp³-hybridized carbons (Fsp3) is 0.667. The van der Waals surface area contributed by atoms with E-state index in [1.165, 1.54) is 0 Å². The summed E-state index contributed by atoms with van der Waals surface area (Å²) in [4.78, 5) is 0. The van der Waals surface area contributed by atoms with Crippen LogP contribution in [0.4, 0.5) is 0 Å². The standard InChI is InChI=1S/C6H9Cl2OP/c7-10(8,9)6-4-2-1-3-5-6/h4H,1-3,5H2. The van der Waals surface area contributed by atoms with Gasteiger partial charge in [-0.25, -0.2) is 0 Å². The number of hydrogen-bond donors (Lipinski definition) is 0. The van der Waals surface area contributed by atoms with Gasteiger partial charge in [0.15, 0.2) is 0 Å². The molecule has 1 aliphatic rings. The summed E-state index contributed by atoms with van der Waals surface area (Å²) in [7, 11) is 0. The summed E-state index contributed by atoms with van der Waals surface area (Å²) in [5.41, 5.74) is 0. The maximum atomic E-state index is 11.0. The second-order valence-corrected chi connectivity index (χ2v) is 7.28. The van der Waals surface area contributed by atoms with Crippen molar-refractivity contribution in [1.82, 2.24) is 0 Å². The lowest BCUT2D eigenvalue weighted by Gasteiger charge is -2.12. The Labute approximate surface area is 70.3 Å². The van der Waals surface area contributed by atoms with E-state index >= 15 is 0 Å². The van der Waals surface area contributed by atoms with Crippen molar-refractivity contribution in [2.75, 3.05) is 0 Å². The normalized spacial score (nSPS) is 20.4. The minimum absolute atomic E-state index is 0.752. The Morgan fingerprint density at radius 3 is 2.40 bits per heavy atom. The highest BCUT2D eigenvalue weighted by molar-refractivity contribution is 8.11. The van der Waals surface area contributed by atoms with E-state index in [9.17, 15) is 4.57 Å². The molecular formula is C6H9Cl2OP. The molecule has 0 amide bonds. The monoisotopic (exact) mass is 198 g/mol. The first kappa shape index (κ1) is 8.64. The average molecular weight is 199 g/mol. The average Bonchev–Trinajstić information content (AvgIpc) is 1.88. The molecule has 0 fully saturated rings. The van der Waals surface area contributed by atoms with Gasteiger partial charge >= 0.3 is 0 Å². The molecule has 0 saturated carbocycles. The zero-order chi connectivity index (χ0) is 7.61. The van der Waals surface area contributed by atoms with Crippen molar-refractivity contribution in [3.63, 3.8) is 0 Å². The van der Waals surface area contributed by atoms with Gasteiger partial charge in [0, 0.05) is 5.31 Å². The number of halogens is 2. The second kappa shape index (κ2) is 3.30. The summed E-state index contributed by atoms with van der Waals surface area (Å²) < 4.78 is 11.0. The van der Waals surface area contributed by atoms with Gasteiger partial charge in [-0.2, -0.15) is 0 Å². The van der Waals surface area contributed by atoms with Crippen LogP contribution < -0.4 is 0 Å². The van der Waals surface area contributed by atoms with Gasteiger partial charge in [-0.3, -0.25) is 4.57 Å². The lowest BCUT2D eigenvalue weighted by molar-refractivity contribution is 0.592. The van der Waals surface area contributed by atoms with Crippen LogP contribution in [0, 0.1) is 0 Å². The van der Waals surface area contributed by atoms with Gasteiger partial charge in [0.1, 0.15) is 0 Å². The molecule has 0 aromatic carbocycles. The molecule has 0 aliphatic heterocycles. The third-order valence-electron chi connectivity index (χ3n) is 1.60. The molecule has 58 valence electrons. The number of rotatable bonds is 1. The van der Waals surface area contributed by atoms with Crippen LogP contribution in [-0.4, -0.2) is 0 Å². The molecule has 1 rings (SSSR count). The molecule has 0 radical (unpaired) electrons.